The van der Waals surface area contributed by atoms with E-state index < -0.39 is 0 Å². The number of benzene rings is 1. The largest absolute Gasteiger partial charge is 0.399 e. The van der Waals surface area contributed by atoms with Crippen LogP contribution in [0.3, 0.4) is 0 Å². The van der Waals surface area contributed by atoms with Crippen LogP contribution in [0.25, 0.3) is 0 Å². The second-order valence-corrected chi connectivity index (χ2v) is 5.16. The number of nitrogens with two attached hydrogens (primary N) is 1. The Labute approximate surface area is 112 Å². The summed E-state index contributed by atoms with van der Waals surface area (Å²) in [6.45, 7) is 1.79. The fourth-order valence-corrected chi connectivity index (χ4v) is 2.36. The Morgan fingerprint density at radius 3 is 3.00 bits per heavy atom. The van der Waals surface area contributed by atoms with E-state index in [-0.39, 0.29) is 11.9 Å². The van der Waals surface area contributed by atoms with Gasteiger partial charge in [-0.15, -0.1) is 0 Å². The van der Waals surface area contributed by atoms with Gasteiger partial charge in [-0.2, -0.15) is 0 Å². The summed E-state index contributed by atoms with van der Waals surface area (Å²) in [7, 11) is 0. The molecule has 0 aromatic heterocycles. The molecule has 2 fully saturated rings. The van der Waals surface area contributed by atoms with Crippen LogP contribution in [0.15, 0.2) is 24.3 Å². The maximum Gasteiger partial charge on any atom is 0.245 e. The molecule has 0 bridgehead atoms. The Kier molecular flexibility index (Phi) is 3.29. The van der Waals surface area contributed by atoms with E-state index in [1.54, 1.807) is 0 Å². The fourth-order valence-electron chi connectivity index (χ4n) is 2.36. The molecule has 0 radical (unpaired) electrons. The molecule has 1 amide bonds. The van der Waals surface area contributed by atoms with Crippen LogP contribution in [0.4, 0.5) is 11.4 Å². The zero-order chi connectivity index (χ0) is 13.2. The van der Waals surface area contributed by atoms with Crippen molar-refractivity contribution in [1.82, 2.24) is 5.32 Å². The molecule has 1 aromatic rings. The SMILES string of the molecule is Nc1cccc(N2CCOCC2C(=O)NC2CC2)c1. The zero-order valence-corrected chi connectivity index (χ0v) is 10.8. The number of rotatable bonds is 3. The average molecular weight is 261 g/mol. The summed E-state index contributed by atoms with van der Waals surface area (Å²) >= 11 is 0. The maximum atomic E-state index is 12.3. The Morgan fingerprint density at radius 2 is 2.26 bits per heavy atom. The van der Waals surface area contributed by atoms with E-state index in [9.17, 15) is 4.79 Å². The molecule has 5 nitrogen and oxygen atoms in total. The van der Waals surface area contributed by atoms with Crippen molar-refractivity contribution in [2.24, 2.45) is 0 Å². The van der Waals surface area contributed by atoms with Gasteiger partial charge in [-0.1, -0.05) is 6.07 Å². The standard InChI is InChI=1S/C14H19N3O2/c15-10-2-1-3-12(8-10)17-6-7-19-9-13(17)14(18)16-11-4-5-11/h1-3,8,11,13H,4-7,9,15H2,(H,16,18). The number of amides is 1. The maximum absolute atomic E-state index is 12.3. The van der Waals surface area contributed by atoms with Gasteiger partial charge in [-0.3, -0.25) is 4.79 Å². The first-order chi connectivity index (χ1) is 9.24. The number of nitrogen functional groups attached to an aromatic ring is 1. The highest BCUT2D eigenvalue weighted by molar-refractivity contribution is 5.86. The van der Waals surface area contributed by atoms with Gasteiger partial charge in [0.2, 0.25) is 5.91 Å². The van der Waals surface area contributed by atoms with Gasteiger partial charge in [0.1, 0.15) is 6.04 Å². The monoisotopic (exact) mass is 261 g/mol. The zero-order valence-electron chi connectivity index (χ0n) is 10.8. The number of carbonyl (C=O) groups is 1. The van der Waals surface area contributed by atoms with Gasteiger partial charge >= 0.3 is 0 Å². The Balaban J connectivity index is 1.77. The summed E-state index contributed by atoms with van der Waals surface area (Å²) in [5, 5.41) is 3.05. The first kappa shape index (κ1) is 12.3. The van der Waals surface area contributed by atoms with Crippen LogP contribution in [-0.2, 0) is 9.53 Å². The highest BCUT2D eigenvalue weighted by Gasteiger charge is 2.33. The summed E-state index contributed by atoms with van der Waals surface area (Å²) < 4.78 is 5.45. The van der Waals surface area contributed by atoms with Crippen molar-refractivity contribution in [3.8, 4) is 0 Å². The number of morpholine rings is 1. The lowest BCUT2D eigenvalue weighted by molar-refractivity contribution is -0.124. The number of nitrogens with one attached hydrogen (secondary N) is 1. The quantitative estimate of drug-likeness (QED) is 0.788. The predicted molar refractivity (Wildman–Crippen MR) is 74.0 cm³/mol. The molecule has 5 heteroatoms. The normalized spacial score (nSPS) is 23.2. The van der Waals surface area contributed by atoms with E-state index in [1.807, 2.05) is 24.3 Å². The smallest absolute Gasteiger partial charge is 0.245 e. The van der Waals surface area contributed by atoms with E-state index in [1.165, 1.54) is 0 Å². The lowest BCUT2D eigenvalue weighted by atomic mass is 10.1. The van der Waals surface area contributed by atoms with Gasteiger partial charge in [0.05, 0.1) is 13.2 Å². The average Bonchev–Trinajstić information content (AvgIpc) is 3.23. The molecule has 19 heavy (non-hydrogen) atoms. The third-order valence-electron chi connectivity index (χ3n) is 3.56. The van der Waals surface area contributed by atoms with E-state index in [4.69, 9.17) is 10.5 Å². The topological polar surface area (TPSA) is 67.6 Å². The lowest BCUT2D eigenvalue weighted by Crippen LogP contribution is -2.54. The molecule has 1 atom stereocenters. The molecule has 1 unspecified atom stereocenters. The Bertz CT molecular complexity index is 474. The van der Waals surface area contributed by atoms with Crippen LogP contribution >= 0.6 is 0 Å². The molecular weight excluding hydrogens is 242 g/mol. The van der Waals surface area contributed by atoms with Crippen LogP contribution in [0, 0.1) is 0 Å². The number of carbonyl (C=O) groups excluding carboxylic acids is 1. The summed E-state index contributed by atoms with van der Waals surface area (Å²) in [4.78, 5) is 14.3. The van der Waals surface area contributed by atoms with Crippen LogP contribution < -0.4 is 16.0 Å². The van der Waals surface area contributed by atoms with Gasteiger partial charge in [0, 0.05) is 24.0 Å². The number of anilines is 2. The minimum Gasteiger partial charge on any atom is -0.399 e. The van der Waals surface area contributed by atoms with Crippen LogP contribution in [0.2, 0.25) is 0 Å². The number of hydrogen-bond acceptors (Lipinski definition) is 4. The molecular formula is C14H19N3O2. The van der Waals surface area contributed by atoms with Crippen LogP contribution in [0.5, 0.6) is 0 Å². The number of ether oxygens (including phenoxy) is 1. The molecule has 3 rings (SSSR count). The second kappa shape index (κ2) is 5.09. The van der Waals surface area contributed by atoms with Gasteiger partial charge < -0.3 is 20.7 Å². The van der Waals surface area contributed by atoms with Crippen LogP contribution in [-0.4, -0.2) is 37.7 Å². The van der Waals surface area contributed by atoms with Gasteiger partial charge in [-0.05, 0) is 31.0 Å². The van der Waals surface area contributed by atoms with Crippen molar-refractivity contribution in [3.63, 3.8) is 0 Å². The summed E-state index contributed by atoms with van der Waals surface area (Å²) in [5.74, 6) is 0.0598. The number of nitrogens with zero attached hydrogens (tertiary/aromatic N) is 1. The molecule has 3 N–H and O–H groups in total. The van der Waals surface area contributed by atoms with Crippen molar-refractivity contribution in [2.75, 3.05) is 30.4 Å². The first-order valence-electron chi connectivity index (χ1n) is 6.74. The molecule has 1 aliphatic carbocycles. The van der Waals surface area contributed by atoms with Crippen molar-refractivity contribution in [3.05, 3.63) is 24.3 Å². The molecule has 102 valence electrons. The van der Waals surface area contributed by atoms with Crippen molar-refractivity contribution < 1.29 is 9.53 Å². The summed E-state index contributed by atoms with van der Waals surface area (Å²) in [5.41, 5.74) is 7.52. The van der Waals surface area contributed by atoms with Gasteiger partial charge in [0.25, 0.3) is 0 Å². The lowest BCUT2D eigenvalue weighted by Gasteiger charge is -2.36. The van der Waals surface area contributed by atoms with Crippen molar-refractivity contribution >= 4 is 17.3 Å². The highest BCUT2D eigenvalue weighted by Crippen LogP contribution is 2.24. The third kappa shape index (κ3) is 2.81. The van der Waals surface area contributed by atoms with E-state index in [2.05, 4.69) is 10.2 Å². The third-order valence-corrected chi connectivity index (χ3v) is 3.56. The van der Waals surface area contributed by atoms with Crippen LogP contribution in [0.1, 0.15) is 12.8 Å². The Hall–Kier alpha value is -1.75. The molecule has 1 saturated carbocycles. The predicted octanol–water partition coefficient (Wildman–Crippen LogP) is 0.753. The fraction of sp³-hybridized carbons (Fsp3) is 0.500. The van der Waals surface area contributed by atoms with Crippen molar-refractivity contribution in [1.29, 1.82) is 0 Å². The van der Waals surface area contributed by atoms with Crippen molar-refractivity contribution in [2.45, 2.75) is 24.9 Å². The molecule has 1 saturated heterocycles. The Morgan fingerprint density at radius 1 is 1.42 bits per heavy atom. The minimum atomic E-state index is -0.254. The number of hydrogen-bond donors (Lipinski definition) is 2. The second-order valence-electron chi connectivity index (χ2n) is 5.16. The van der Waals surface area contributed by atoms with Gasteiger partial charge in [0.15, 0.2) is 0 Å². The molecule has 1 aliphatic heterocycles. The molecule has 0 spiro atoms. The molecule has 1 heterocycles. The first-order valence-corrected chi connectivity index (χ1v) is 6.74. The van der Waals surface area contributed by atoms with E-state index >= 15 is 0 Å². The van der Waals surface area contributed by atoms with E-state index in [0.29, 0.717) is 31.5 Å². The molecule has 2 aliphatic rings. The minimum absolute atomic E-state index is 0.0598. The highest BCUT2D eigenvalue weighted by atomic mass is 16.5. The molecule has 1 aromatic carbocycles. The summed E-state index contributed by atoms with van der Waals surface area (Å²) in [6, 6.07) is 7.77. The summed E-state index contributed by atoms with van der Waals surface area (Å²) in [6.07, 6.45) is 2.19. The van der Waals surface area contributed by atoms with Gasteiger partial charge in [-0.25, -0.2) is 0 Å². The van der Waals surface area contributed by atoms with E-state index in [0.717, 1.165) is 18.5 Å².